The molecule has 4 aromatic heterocycles. The van der Waals surface area contributed by atoms with E-state index in [2.05, 4.69) is 140 Å². The van der Waals surface area contributed by atoms with Crippen LogP contribution in [0.3, 0.4) is 0 Å². The van der Waals surface area contributed by atoms with Crippen LogP contribution in [-0.2, 0) is 0 Å². The smallest absolute Gasteiger partial charge is 0.164 e. The minimum atomic E-state index is 0.582. The second-order valence-corrected chi connectivity index (χ2v) is 16.9. The van der Waals surface area contributed by atoms with Crippen LogP contribution in [0.25, 0.3) is 132 Å². The number of benzene rings is 9. The van der Waals surface area contributed by atoms with Gasteiger partial charge in [-0.2, -0.15) is 0 Å². The van der Waals surface area contributed by atoms with Gasteiger partial charge in [0.15, 0.2) is 17.5 Å². The second-order valence-electron chi connectivity index (χ2n) is 15.9. The molecule has 0 fully saturated rings. The quantitative estimate of drug-likeness (QED) is 0.167. The largest absolute Gasteiger partial charge is 0.456 e. The van der Waals surface area contributed by atoms with E-state index in [1.54, 1.807) is 0 Å². The molecule has 0 amide bonds. The lowest BCUT2D eigenvalue weighted by molar-refractivity contribution is 0.669. The van der Waals surface area contributed by atoms with E-state index in [-0.39, 0.29) is 0 Å². The van der Waals surface area contributed by atoms with Crippen LogP contribution in [0.2, 0.25) is 0 Å². The summed E-state index contributed by atoms with van der Waals surface area (Å²) >= 11 is 1.83. The van der Waals surface area contributed by atoms with Gasteiger partial charge in [0, 0.05) is 64.0 Å². The summed E-state index contributed by atoms with van der Waals surface area (Å²) in [4.78, 5) is 15.5. The summed E-state index contributed by atoms with van der Waals surface area (Å²) in [5.41, 5.74) is 12.6. The first-order valence-corrected chi connectivity index (χ1v) is 21.8. The summed E-state index contributed by atoms with van der Waals surface area (Å²) in [6.45, 7) is 0. The van der Waals surface area contributed by atoms with Crippen molar-refractivity contribution in [1.29, 1.82) is 0 Å². The lowest BCUT2D eigenvalue weighted by Crippen LogP contribution is -2.00. The van der Waals surface area contributed by atoms with Crippen LogP contribution in [0.5, 0.6) is 0 Å². The van der Waals surface area contributed by atoms with Crippen molar-refractivity contribution in [3.63, 3.8) is 0 Å². The molecule has 0 radical (unpaired) electrons. The number of aromatic nitrogens is 3. The highest BCUT2D eigenvalue weighted by Gasteiger charge is 2.20. The Bertz CT molecular complexity index is 3920. The van der Waals surface area contributed by atoms with Crippen LogP contribution >= 0.6 is 11.3 Å². The molecule has 0 aliphatic rings. The predicted octanol–water partition coefficient (Wildman–Crippen LogP) is 16.0. The first-order valence-electron chi connectivity index (χ1n) is 21.0. The molecule has 0 N–H and O–H groups in total. The van der Waals surface area contributed by atoms with Gasteiger partial charge < -0.3 is 8.83 Å². The molecule has 13 aromatic rings. The summed E-state index contributed by atoms with van der Waals surface area (Å²) in [6, 6.07) is 69.7. The highest BCUT2D eigenvalue weighted by atomic mass is 32.1. The second kappa shape index (κ2) is 14.2. The van der Waals surface area contributed by atoms with E-state index < -0.39 is 0 Å². The Morgan fingerprint density at radius 2 is 0.968 bits per heavy atom. The Kier molecular flexibility index (Phi) is 8.01. The Hall–Kier alpha value is -8.19. The van der Waals surface area contributed by atoms with E-state index >= 15 is 0 Å². The highest BCUT2D eigenvalue weighted by molar-refractivity contribution is 7.26. The first-order chi connectivity index (χ1) is 31.2. The number of thiophene rings is 1. The van der Waals surface area contributed by atoms with Gasteiger partial charge in [0.1, 0.15) is 22.3 Å². The van der Waals surface area contributed by atoms with Crippen molar-refractivity contribution >= 4 is 75.4 Å². The van der Waals surface area contributed by atoms with E-state index in [0.717, 1.165) is 88.4 Å². The molecule has 0 bridgehead atoms. The fourth-order valence-electron chi connectivity index (χ4n) is 9.16. The van der Waals surface area contributed by atoms with Crippen LogP contribution in [0.15, 0.2) is 209 Å². The van der Waals surface area contributed by atoms with Crippen molar-refractivity contribution in [1.82, 2.24) is 15.0 Å². The molecule has 6 heteroatoms. The zero-order valence-corrected chi connectivity index (χ0v) is 34.4. The molecule has 9 aromatic carbocycles. The number of rotatable bonds is 6. The lowest BCUT2D eigenvalue weighted by atomic mass is 9.95. The Labute approximate surface area is 365 Å². The standard InChI is InChI=1S/C57H33N3O2S/c1-3-14-34(15-4-1)46-31-39(32-47-41-20-7-9-25-48(41)62-53(46)47)36-28-29-44-50(33-36)61-49-26-13-24-45(52(44)49)57-59-55(35-16-5-2-6-17-35)58-56(60-57)38-19-11-18-37(30-38)40-22-12-23-43-42-21-8-10-27-51(42)63-54(40)43/h1-33H. The van der Waals surface area contributed by atoms with Gasteiger partial charge in [0.25, 0.3) is 0 Å². The Balaban J connectivity index is 0.960. The van der Waals surface area contributed by atoms with E-state index in [4.69, 9.17) is 23.8 Å². The first kappa shape index (κ1) is 35.6. The topological polar surface area (TPSA) is 65.0 Å². The van der Waals surface area contributed by atoms with Crippen LogP contribution in [0.4, 0.5) is 0 Å². The molecular formula is C57H33N3O2S. The predicted molar refractivity (Wildman–Crippen MR) is 260 cm³/mol. The van der Waals surface area contributed by atoms with Crippen molar-refractivity contribution in [3.05, 3.63) is 200 Å². The van der Waals surface area contributed by atoms with Crippen molar-refractivity contribution in [3.8, 4) is 67.5 Å². The number of nitrogens with zero attached hydrogens (tertiary/aromatic N) is 3. The third kappa shape index (κ3) is 5.87. The molecule has 294 valence electrons. The molecule has 0 atom stereocenters. The fraction of sp³-hybridized carbons (Fsp3) is 0. The number of hydrogen-bond donors (Lipinski definition) is 0. The van der Waals surface area contributed by atoms with E-state index in [9.17, 15) is 0 Å². The zero-order valence-electron chi connectivity index (χ0n) is 33.6. The van der Waals surface area contributed by atoms with Gasteiger partial charge in [-0.25, -0.2) is 15.0 Å². The highest BCUT2D eigenvalue weighted by Crippen LogP contribution is 2.43. The molecule has 0 aliphatic carbocycles. The molecule has 63 heavy (non-hydrogen) atoms. The number of hydrogen-bond acceptors (Lipinski definition) is 6. The maximum Gasteiger partial charge on any atom is 0.164 e. The minimum Gasteiger partial charge on any atom is -0.456 e. The van der Waals surface area contributed by atoms with Crippen LogP contribution < -0.4 is 0 Å². The van der Waals surface area contributed by atoms with Crippen molar-refractivity contribution < 1.29 is 8.83 Å². The van der Waals surface area contributed by atoms with E-state index in [0.29, 0.717) is 17.5 Å². The fourth-order valence-corrected chi connectivity index (χ4v) is 10.4. The minimum absolute atomic E-state index is 0.582. The lowest BCUT2D eigenvalue weighted by Gasteiger charge is -2.11. The SMILES string of the molecule is c1ccc(-c2nc(-c3cccc(-c4cccc5c4sc4ccccc45)c3)nc(-c3cccc4oc5cc(-c6cc(-c7ccccc7)c7oc8ccccc8c7c6)ccc5c34)n2)cc1. The average Bonchev–Trinajstić information content (AvgIpc) is 4.05. The van der Waals surface area contributed by atoms with Gasteiger partial charge in [-0.15, -0.1) is 11.3 Å². The van der Waals surface area contributed by atoms with Gasteiger partial charge in [-0.1, -0.05) is 152 Å². The molecule has 0 spiro atoms. The van der Waals surface area contributed by atoms with Crippen LogP contribution in [0, 0.1) is 0 Å². The molecule has 0 unspecified atom stereocenters. The molecular weight excluding hydrogens is 791 g/mol. The summed E-state index contributed by atoms with van der Waals surface area (Å²) in [7, 11) is 0. The Morgan fingerprint density at radius 1 is 0.317 bits per heavy atom. The summed E-state index contributed by atoms with van der Waals surface area (Å²) in [6.07, 6.45) is 0. The molecule has 0 saturated carbocycles. The van der Waals surface area contributed by atoms with Crippen molar-refractivity contribution in [2.24, 2.45) is 0 Å². The van der Waals surface area contributed by atoms with E-state index in [1.165, 1.54) is 25.7 Å². The zero-order chi connectivity index (χ0) is 41.4. The average molecular weight is 824 g/mol. The van der Waals surface area contributed by atoms with Gasteiger partial charge in [0.2, 0.25) is 0 Å². The molecule has 4 heterocycles. The number of fused-ring (bicyclic) bond motifs is 9. The summed E-state index contributed by atoms with van der Waals surface area (Å²) < 4.78 is 15.7. The third-order valence-electron chi connectivity index (χ3n) is 12.1. The summed E-state index contributed by atoms with van der Waals surface area (Å²) in [5, 5.41) is 6.67. The maximum absolute atomic E-state index is 6.70. The monoisotopic (exact) mass is 823 g/mol. The van der Waals surface area contributed by atoms with Crippen molar-refractivity contribution in [2.75, 3.05) is 0 Å². The maximum atomic E-state index is 6.70. The molecule has 0 aliphatic heterocycles. The van der Waals surface area contributed by atoms with Gasteiger partial charge in [-0.05, 0) is 76.3 Å². The van der Waals surface area contributed by atoms with Gasteiger partial charge >= 0.3 is 0 Å². The Morgan fingerprint density at radius 3 is 1.84 bits per heavy atom. The van der Waals surface area contributed by atoms with E-state index in [1.807, 2.05) is 72.0 Å². The normalized spacial score (nSPS) is 11.8. The molecule has 13 rings (SSSR count). The molecule has 0 saturated heterocycles. The van der Waals surface area contributed by atoms with Crippen LogP contribution in [-0.4, -0.2) is 15.0 Å². The molecule has 5 nitrogen and oxygen atoms in total. The van der Waals surface area contributed by atoms with Crippen molar-refractivity contribution in [2.45, 2.75) is 0 Å². The summed E-state index contributed by atoms with van der Waals surface area (Å²) in [5.74, 6) is 1.79. The third-order valence-corrected chi connectivity index (χ3v) is 13.4. The number of furan rings is 2. The van der Waals surface area contributed by atoms with Gasteiger partial charge in [0.05, 0.1) is 0 Å². The number of para-hydroxylation sites is 1. The van der Waals surface area contributed by atoms with Gasteiger partial charge in [-0.3, -0.25) is 0 Å². The van der Waals surface area contributed by atoms with Crippen LogP contribution in [0.1, 0.15) is 0 Å².